The van der Waals surface area contributed by atoms with Gasteiger partial charge in [0.1, 0.15) is 0 Å². The Bertz CT molecular complexity index is 551. The topological polar surface area (TPSA) is 0 Å². The molecule has 0 aliphatic rings. The highest BCUT2D eigenvalue weighted by atomic mass is 31.1. The molecule has 0 bridgehead atoms. The maximum absolute atomic E-state index is 13.6. The minimum atomic E-state index is -6.19. The predicted octanol–water partition coefficient (Wildman–Crippen LogP) is 5.44. The van der Waals surface area contributed by atoms with Crippen LogP contribution in [0.4, 0.5) is 43.9 Å². The van der Waals surface area contributed by atoms with Gasteiger partial charge in [-0.25, -0.2) is 22.0 Å². The zero-order valence-electron chi connectivity index (χ0n) is 11.3. The van der Waals surface area contributed by atoms with Crippen molar-refractivity contribution in [2.75, 3.05) is 6.16 Å². The monoisotopic (exact) mass is 374 g/mol. The first-order chi connectivity index (χ1) is 10.4. The second-order valence-electron chi connectivity index (χ2n) is 4.46. The summed E-state index contributed by atoms with van der Waals surface area (Å²) < 4.78 is 131. The molecule has 0 saturated carbocycles. The summed E-state index contributed by atoms with van der Waals surface area (Å²) in [4.78, 5) is 0. The van der Waals surface area contributed by atoms with Crippen LogP contribution in [0, 0.1) is 29.1 Å². The quantitative estimate of drug-likeness (QED) is 0.279. The first kappa shape index (κ1) is 20.0. The van der Waals surface area contributed by atoms with Gasteiger partial charge in [-0.1, -0.05) is 13.3 Å². The molecule has 1 rings (SSSR count). The SMILES string of the molecule is CCCCP(c1c(F)c(F)c(F)c(F)c1F)C(F)(F)C(F)(F)F. The van der Waals surface area contributed by atoms with E-state index in [0.717, 1.165) is 0 Å². The summed E-state index contributed by atoms with van der Waals surface area (Å²) in [6, 6.07) is 0. The van der Waals surface area contributed by atoms with Crippen LogP contribution in [0.2, 0.25) is 0 Å². The van der Waals surface area contributed by atoms with E-state index >= 15 is 0 Å². The molecule has 0 heterocycles. The van der Waals surface area contributed by atoms with E-state index in [0.29, 0.717) is 0 Å². The van der Waals surface area contributed by atoms with Gasteiger partial charge in [-0.3, -0.25) is 0 Å². The van der Waals surface area contributed by atoms with Gasteiger partial charge in [0.05, 0.1) is 5.30 Å². The Hall–Kier alpha value is -1.05. The van der Waals surface area contributed by atoms with Gasteiger partial charge in [0.2, 0.25) is 5.82 Å². The van der Waals surface area contributed by atoms with Crippen LogP contribution in [0.25, 0.3) is 0 Å². The average molecular weight is 374 g/mol. The maximum Gasteiger partial charge on any atom is 0.457 e. The first-order valence-electron chi connectivity index (χ1n) is 6.11. The third kappa shape index (κ3) is 3.56. The van der Waals surface area contributed by atoms with Gasteiger partial charge in [0.25, 0.3) is 0 Å². The highest BCUT2D eigenvalue weighted by Gasteiger charge is 2.63. The van der Waals surface area contributed by atoms with E-state index in [-0.39, 0.29) is 12.8 Å². The third-order valence-electron chi connectivity index (χ3n) is 2.87. The lowest BCUT2D eigenvalue weighted by Gasteiger charge is -2.29. The second-order valence-corrected chi connectivity index (χ2v) is 6.77. The van der Waals surface area contributed by atoms with Crippen molar-refractivity contribution in [3.05, 3.63) is 29.1 Å². The largest absolute Gasteiger partial charge is 0.457 e. The van der Waals surface area contributed by atoms with E-state index in [1.807, 2.05) is 0 Å². The molecule has 1 atom stereocenters. The van der Waals surface area contributed by atoms with E-state index in [1.165, 1.54) is 6.92 Å². The molecule has 0 fully saturated rings. The molecule has 0 radical (unpaired) electrons. The molecule has 0 nitrogen and oxygen atoms in total. The number of benzene rings is 1. The van der Waals surface area contributed by atoms with Gasteiger partial charge in [0, 0.05) is 7.92 Å². The molecule has 0 aliphatic heterocycles. The Kier molecular flexibility index (Phi) is 5.93. The van der Waals surface area contributed by atoms with Crippen molar-refractivity contribution in [1.82, 2.24) is 0 Å². The summed E-state index contributed by atoms with van der Waals surface area (Å²) in [5.74, 6) is -13.0. The van der Waals surface area contributed by atoms with Crippen LogP contribution < -0.4 is 5.30 Å². The van der Waals surface area contributed by atoms with E-state index in [9.17, 15) is 43.9 Å². The Balaban J connectivity index is 3.64. The third-order valence-corrected chi connectivity index (χ3v) is 5.50. The number of hydrogen-bond donors (Lipinski definition) is 0. The molecule has 0 amide bonds. The van der Waals surface area contributed by atoms with E-state index in [1.54, 1.807) is 0 Å². The van der Waals surface area contributed by atoms with Crippen LogP contribution in [-0.2, 0) is 0 Å². The van der Waals surface area contributed by atoms with Crippen molar-refractivity contribution < 1.29 is 43.9 Å². The van der Waals surface area contributed by atoms with Gasteiger partial charge in [-0.15, -0.1) is 0 Å². The molecule has 0 aliphatic carbocycles. The summed E-state index contributed by atoms with van der Waals surface area (Å²) in [6.45, 7) is 1.40. The van der Waals surface area contributed by atoms with Crippen molar-refractivity contribution >= 4 is 13.2 Å². The highest BCUT2D eigenvalue weighted by molar-refractivity contribution is 7.66. The Morgan fingerprint density at radius 3 is 1.48 bits per heavy atom. The number of alkyl halides is 5. The lowest BCUT2D eigenvalue weighted by atomic mass is 10.3. The first-order valence-corrected chi connectivity index (χ1v) is 7.64. The van der Waals surface area contributed by atoms with Crippen LogP contribution in [0.3, 0.4) is 0 Å². The van der Waals surface area contributed by atoms with Crippen molar-refractivity contribution in [3.8, 4) is 0 Å². The van der Waals surface area contributed by atoms with Crippen LogP contribution in [-0.4, -0.2) is 18.0 Å². The van der Waals surface area contributed by atoms with Gasteiger partial charge in [-0.05, 0) is 12.6 Å². The maximum atomic E-state index is 13.6. The predicted molar refractivity (Wildman–Crippen MR) is 63.6 cm³/mol. The normalized spacial score (nSPS) is 14.2. The lowest BCUT2D eigenvalue weighted by molar-refractivity contribution is -0.240. The molecule has 11 heteroatoms. The van der Waals surface area contributed by atoms with Crippen LogP contribution in [0.1, 0.15) is 19.8 Å². The second kappa shape index (κ2) is 6.83. The number of rotatable bonds is 5. The fourth-order valence-electron chi connectivity index (χ4n) is 1.69. The summed E-state index contributed by atoms with van der Waals surface area (Å²) in [7, 11) is -4.03. The van der Waals surface area contributed by atoms with Gasteiger partial charge in [0.15, 0.2) is 23.3 Å². The molecule has 1 unspecified atom stereocenters. The minimum absolute atomic E-state index is 0.0855. The summed E-state index contributed by atoms with van der Waals surface area (Å²) in [5.41, 5.74) is -5.60. The standard InChI is InChI=1S/C12H9F10P/c1-2-3-4-23(12(21,22)11(18,19)20)10-8(16)6(14)5(13)7(15)9(10)17/h2-4H2,1H3. The number of hydrogen-bond acceptors (Lipinski definition) is 0. The van der Waals surface area contributed by atoms with Crippen molar-refractivity contribution in [2.45, 2.75) is 31.6 Å². The fraction of sp³-hybridized carbons (Fsp3) is 0.500. The zero-order chi connectivity index (χ0) is 18.2. The Morgan fingerprint density at radius 1 is 0.739 bits per heavy atom. The summed E-state index contributed by atoms with van der Waals surface area (Å²) in [6.07, 6.45) is -7.46. The Labute approximate surface area is 125 Å². The average Bonchev–Trinajstić information content (AvgIpc) is 2.45. The van der Waals surface area contributed by atoms with Gasteiger partial charge >= 0.3 is 11.8 Å². The molecular weight excluding hydrogens is 365 g/mol. The molecule has 1 aromatic rings. The molecule has 0 saturated heterocycles. The fourth-order valence-corrected chi connectivity index (χ4v) is 4.09. The van der Waals surface area contributed by atoms with Gasteiger partial charge < -0.3 is 0 Å². The molecule has 0 N–H and O–H groups in total. The van der Waals surface area contributed by atoms with Crippen molar-refractivity contribution in [2.24, 2.45) is 0 Å². The van der Waals surface area contributed by atoms with Crippen LogP contribution in [0.5, 0.6) is 0 Å². The molecule has 132 valence electrons. The van der Waals surface area contributed by atoms with E-state index in [4.69, 9.17) is 0 Å². The highest BCUT2D eigenvalue weighted by Crippen LogP contribution is 2.60. The number of halogens is 10. The molecule has 0 aromatic heterocycles. The minimum Gasteiger partial charge on any atom is -0.203 e. The van der Waals surface area contributed by atoms with Crippen LogP contribution in [0.15, 0.2) is 0 Å². The summed E-state index contributed by atoms with van der Waals surface area (Å²) in [5, 5.41) is -2.09. The molecule has 1 aromatic carbocycles. The van der Waals surface area contributed by atoms with Crippen molar-refractivity contribution in [1.29, 1.82) is 0 Å². The smallest absolute Gasteiger partial charge is 0.203 e. The summed E-state index contributed by atoms with van der Waals surface area (Å²) >= 11 is 0. The Morgan fingerprint density at radius 2 is 1.13 bits per heavy atom. The van der Waals surface area contributed by atoms with E-state index < -0.39 is 60.3 Å². The van der Waals surface area contributed by atoms with E-state index in [2.05, 4.69) is 0 Å². The lowest BCUT2D eigenvalue weighted by Crippen LogP contribution is -2.40. The molecule has 0 spiro atoms. The zero-order valence-corrected chi connectivity index (χ0v) is 12.2. The molecule has 23 heavy (non-hydrogen) atoms. The van der Waals surface area contributed by atoms with Crippen LogP contribution >= 0.6 is 7.92 Å². The molecular formula is C12H9F10P. The number of unbranched alkanes of at least 4 members (excludes halogenated alkanes) is 1. The van der Waals surface area contributed by atoms with Gasteiger partial charge in [-0.2, -0.15) is 22.0 Å². The van der Waals surface area contributed by atoms with Crippen molar-refractivity contribution in [3.63, 3.8) is 0 Å².